The zero-order valence-electron chi connectivity index (χ0n) is 20.7. The third-order valence-corrected chi connectivity index (χ3v) is 6.95. The molecule has 0 aliphatic carbocycles. The van der Waals surface area contributed by atoms with Gasteiger partial charge in [0.1, 0.15) is 5.82 Å². The summed E-state index contributed by atoms with van der Waals surface area (Å²) in [5.41, 5.74) is 2.60. The summed E-state index contributed by atoms with van der Waals surface area (Å²) in [4.78, 5) is 26.1. The van der Waals surface area contributed by atoms with Crippen LogP contribution >= 0.6 is 11.6 Å². The Bertz CT molecular complexity index is 1150. The number of amides is 1. The summed E-state index contributed by atoms with van der Waals surface area (Å²) in [6.07, 6.45) is 3.87. The van der Waals surface area contributed by atoms with Crippen molar-refractivity contribution in [3.8, 4) is 0 Å². The number of carboxylic acids is 1. The van der Waals surface area contributed by atoms with Crippen LogP contribution in [0.2, 0.25) is 5.02 Å². The van der Waals surface area contributed by atoms with Gasteiger partial charge in [-0.1, -0.05) is 65.3 Å². The van der Waals surface area contributed by atoms with Gasteiger partial charge < -0.3 is 5.11 Å². The quantitative estimate of drug-likeness (QED) is 0.464. The van der Waals surface area contributed by atoms with Crippen molar-refractivity contribution in [3.63, 3.8) is 0 Å². The molecule has 0 radical (unpaired) electrons. The molecule has 1 aliphatic heterocycles. The van der Waals surface area contributed by atoms with E-state index in [2.05, 4.69) is 46.8 Å². The van der Waals surface area contributed by atoms with Crippen LogP contribution in [0.15, 0.2) is 48.2 Å². The van der Waals surface area contributed by atoms with Gasteiger partial charge in [-0.25, -0.2) is 9.18 Å². The van der Waals surface area contributed by atoms with Crippen LogP contribution in [0.1, 0.15) is 75.9 Å². The largest absolute Gasteiger partial charge is 0.478 e. The van der Waals surface area contributed by atoms with Crippen LogP contribution in [0.3, 0.4) is 0 Å². The van der Waals surface area contributed by atoms with Crippen molar-refractivity contribution in [1.29, 1.82) is 0 Å². The monoisotopic (exact) mass is 485 g/mol. The molecule has 1 amide bonds. The minimum Gasteiger partial charge on any atom is -0.478 e. The molecule has 0 bridgehead atoms. The van der Waals surface area contributed by atoms with Gasteiger partial charge in [0.15, 0.2) is 0 Å². The third kappa shape index (κ3) is 5.35. The van der Waals surface area contributed by atoms with E-state index in [9.17, 15) is 19.1 Å². The number of carbonyl (C=O) groups excluding carboxylic acids is 1. The van der Waals surface area contributed by atoms with E-state index in [-0.39, 0.29) is 23.7 Å². The zero-order valence-corrected chi connectivity index (χ0v) is 21.5. The molecule has 6 heteroatoms. The summed E-state index contributed by atoms with van der Waals surface area (Å²) in [6, 6.07) is 9.80. The van der Waals surface area contributed by atoms with E-state index in [1.807, 2.05) is 13.0 Å². The molecule has 1 heterocycles. The summed E-state index contributed by atoms with van der Waals surface area (Å²) in [6.45, 7) is 12.8. The Labute approximate surface area is 206 Å². The maximum absolute atomic E-state index is 13.9. The van der Waals surface area contributed by atoms with Gasteiger partial charge >= 0.3 is 5.97 Å². The molecule has 34 heavy (non-hydrogen) atoms. The van der Waals surface area contributed by atoms with Gasteiger partial charge in [-0.2, -0.15) is 0 Å². The van der Waals surface area contributed by atoms with Gasteiger partial charge in [-0.3, -0.25) is 9.69 Å². The lowest BCUT2D eigenvalue weighted by Gasteiger charge is -2.41. The Hall–Kier alpha value is -2.66. The van der Waals surface area contributed by atoms with Crippen LogP contribution in [0.25, 0.3) is 0 Å². The molecule has 2 aromatic rings. The first-order valence-electron chi connectivity index (χ1n) is 11.6. The van der Waals surface area contributed by atoms with Crippen molar-refractivity contribution in [1.82, 2.24) is 0 Å². The van der Waals surface area contributed by atoms with Gasteiger partial charge in [0.25, 0.3) is 0 Å². The molecule has 182 valence electrons. The number of allylic oxidation sites excluding steroid dienone is 1. The number of aryl methyl sites for hydroxylation is 1. The standard InChI is InChI=1S/C28H33ClFNO3/c1-17(2)22-16-31(20-9-10-24(30)21(14-20)26(33)34)25(32)15-28(22,6)19-8-7-18(23(29)13-19)11-12-27(3,4)5/h7-10,13-14,16-17H,11-12,15H2,1-6H3,(H,33,34)/t28-/m0/s1. The first kappa shape index (κ1) is 26.0. The van der Waals surface area contributed by atoms with Gasteiger partial charge in [-0.15, -0.1) is 0 Å². The average molecular weight is 486 g/mol. The maximum atomic E-state index is 13.9. The van der Waals surface area contributed by atoms with Crippen molar-refractivity contribution < 1.29 is 19.1 Å². The predicted octanol–water partition coefficient (Wildman–Crippen LogP) is 7.39. The van der Waals surface area contributed by atoms with E-state index in [0.29, 0.717) is 10.7 Å². The lowest BCUT2D eigenvalue weighted by atomic mass is 9.68. The molecule has 1 N–H and O–H groups in total. The average Bonchev–Trinajstić information content (AvgIpc) is 2.72. The van der Waals surface area contributed by atoms with E-state index in [4.69, 9.17) is 11.6 Å². The molecule has 1 aliphatic rings. The van der Waals surface area contributed by atoms with Gasteiger partial charge in [-0.05, 0) is 65.1 Å². The molecule has 0 spiro atoms. The Balaban J connectivity index is 2.02. The highest BCUT2D eigenvalue weighted by molar-refractivity contribution is 6.31. The first-order chi connectivity index (χ1) is 15.7. The number of rotatable bonds is 6. The molecular formula is C28H33ClFNO3. The van der Waals surface area contributed by atoms with Crippen molar-refractivity contribution in [2.45, 2.75) is 66.2 Å². The maximum Gasteiger partial charge on any atom is 0.338 e. The number of nitrogens with zero attached hydrogens (tertiary/aromatic N) is 1. The topological polar surface area (TPSA) is 57.6 Å². The van der Waals surface area contributed by atoms with E-state index in [0.717, 1.165) is 35.6 Å². The van der Waals surface area contributed by atoms with Crippen molar-refractivity contribution in [2.75, 3.05) is 4.90 Å². The van der Waals surface area contributed by atoms with Crippen LogP contribution < -0.4 is 4.90 Å². The predicted molar refractivity (Wildman–Crippen MR) is 135 cm³/mol. The van der Waals surface area contributed by atoms with Crippen molar-refractivity contribution >= 4 is 29.2 Å². The molecular weight excluding hydrogens is 453 g/mol. The first-order valence-corrected chi connectivity index (χ1v) is 12.0. The number of hydrogen-bond donors (Lipinski definition) is 1. The van der Waals surface area contributed by atoms with Crippen molar-refractivity contribution in [3.05, 3.63) is 75.7 Å². The molecule has 3 rings (SSSR count). The van der Waals surface area contributed by atoms with E-state index in [1.165, 1.54) is 17.0 Å². The van der Waals surface area contributed by atoms with Crippen LogP contribution in [0.5, 0.6) is 0 Å². The van der Waals surface area contributed by atoms with Gasteiger partial charge in [0, 0.05) is 28.7 Å². The second kappa shape index (κ2) is 9.53. The van der Waals surface area contributed by atoms with Crippen LogP contribution in [-0.4, -0.2) is 17.0 Å². The molecule has 0 aromatic heterocycles. The normalized spacial score (nSPS) is 18.9. The fraction of sp³-hybridized carbons (Fsp3) is 0.429. The highest BCUT2D eigenvalue weighted by Gasteiger charge is 2.41. The number of hydrogen-bond acceptors (Lipinski definition) is 2. The Morgan fingerprint density at radius 3 is 2.44 bits per heavy atom. The molecule has 0 saturated carbocycles. The van der Waals surface area contributed by atoms with Gasteiger partial charge in [0.05, 0.1) is 5.56 Å². The second-order valence-electron chi connectivity index (χ2n) is 10.8. The zero-order chi connectivity index (χ0) is 25.4. The Kier molecular flexibility index (Phi) is 7.28. The highest BCUT2D eigenvalue weighted by atomic mass is 35.5. The number of benzene rings is 2. The summed E-state index contributed by atoms with van der Waals surface area (Å²) < 4.78 is 13.9. The molecule has 2 aromatic carbocycles. The molecule has 4 nitrogen and oxygen atoms in total. The Morgan fingerprint density at radius 1 is 1.21 bits per heavy atom. The van der Waals surface area contributed by atoms with E-state index < -0.39 is 22.8 Å². The number of carboxylic acid groups (broad SMARTS) is 1. The van der Waals surface area contributed by atoms with Crippen LogP contribution in [0.4, 0.5) is 10.1 Å². The smallest absolute Gasteiger partial charge is 0.338 e. The molecule has 1 atom stereocenters. The molecule has 0 unspecified atom stereocenters. The summed E-state index contributed by atoms with van der Waals surface area (Å²) in [5, 5.41) is 9.99. The Morgan fingerprint density at radius 2 is 1.88 bits per heavy atom. The van der Waals surface area contributed by atoms with Crippen molar-refractivity contribution in [2.24, 2.45) is 11.3 Å². The summed E-state index contributed by atoms with van der Waals surface area (Å²) in [7, 11) is 0. The number of aromatic carboxylic acids is 1. The molecule has 0 fully saturated rings. The van der Waals surface area contributed by atoms with E-state index >= 15 is 0 Å². The van der Waals surface area contributed by atoms with Crippen LogP contribution in [0, 0.1) is 17.2 Å². The number of halogens is 2. The van der Waals surface area contributed by atoms with E-state index in [1.54, 1.807) is 6.20 Å². The lowest BCUT2D eigenvalue weighted by Crippen LogP contribution is -2.42. The summed E-state index contributed by atoms with van der Waals surface area (Å²) in [5.74, 6) is -2.29. The molecule has 0 saturated heterocycles. The number of carbonyl (C=O) groups is 2. The van der Waals surface area contributed by atoms with Gasteiger partial charge in [0.2, 0.25) is 5.91 Å². The minimum atomic E-state index is -1.37. The lowest BCUT2D eigenvalue weighted by molar-refractivity contribution is -0.119. The third-order valence-electron chi connectivity index (χ3n) is 6.59. The second-order valence-corrected chi connectivity index (χ2v) is 11.3. The minimum absolute atomic E-state index is 0.110. The SMILES string of the molecule is CC(C)C1=CN(c2ccc(F)c(C(=O)O)c2)C(=O)C[C@@]1(C)c1ccc(CCC(C)(C)C)c(Cl)c1. The highest BCUT2D eigenvalue weighted by Crippen LogP contribution is 2.44. The number of anilines is 1. The fourth-order valence-electron chi connectivity index (χ4n) is 4.55. The fourth-order valence-corrected chi connectivity index (χ4v) is 4.82. The summed E-state index contributed by atoms with van der Waals surface area (Å²) >= 11 is 6.68. The van der Waals surface area contributed by atoms with Crippen LogP contribution in [-0.2, 0) is 16.6 Å².